The van der Waals surface area contributed by atoms with Crippen LogP contribution in [0.3, 0.4) is 0 Å². The first kappa shape index (κ1) is 25.6. The first-order valence-electron chi connectivity index (χ1n) is 13.2. The molecule has 0 bridgehead atoms. The number of halogens is 1. The molecule has 0 aliphatic carbocycles. The molecule has 0 radical (unpaired) electrons. The van der Waals surface area contributed by atoms with Crippen molar-refractivity contribution in [3.63, 3.8) is 0 Å². The summed E-state index contributed by atoms with van der Waals surface area (Å²) in [5.41, 5.74) is 4.80. The second-order valence-corrected chi connectivity index (χ2v) is 10.3. The minimum absolute atomic E-state index is 0.00222. The van der Waals surface area contributed by atoms with E-state index in [9.17, 15) is 14.0 Å². The quantitative estimate of drug-likeness (QED) is 0.329. The van der Waals surface area contributed by atoms with Crippen molar-refractivity contribution in [2.24, 2.45) is 0 Å². The molecule has 2 amide bonds. The van der Waals surface area contributed by atoms with Crippen molar-refractivity contribution in [2.75, 3.05) is 6.54 Å². The highest BCUT2D eigenvalue weighted by molar-refractivity contribution is 5.89. The maximum atomic E-state index is 14.6. The molecule has 0 saturated carbocycles. The fourth-order valence-corrected chi connectivity index (χ4v) is 5.14. The summed E-state index contributed by atoms with van der Waals surface area (Å²) in [7, 11) is 0. The number of likely N-dealkylation sites (tertiary alicyclic amines) is 1. The summed E-state index contributed by atoms with van der Waals surface area (Å²) in [6.07, 6.45) is 3.00. The maximum absolute atomic E-state index is 14.6. The summed E-state index contributed by atoms with van der Waals surface area (Å²) in [6, 6.07) is 20.6. The van der Waals surface area contributed by atoms with Crippen molar-refractivity contribution >= 4 is 22.8 Å². The van der Waals surface area contributed by atoms with E-state index >= 15 is 0 Å². The lowest BCUT2D eigenvalue weighted by Crippen LogP contribution is -2.47. The monoisotopic (exact) mass is 512 g/mol. The van der Waals surface area contributed by atoms with E-state index in [1.165, 1.54) is 10.5 Å². The number of alkyl halides is 1. The van der Waals surface area contributed by atoms with Crippen LogP contribution in [0.4, 0.5) is 4.39 Å². The fraction of sp³-hybridized carbons (Fsp3) is 0.323. The van der Waals surface area contributed by atoms with Crippen molar-refractivity contribution < 1.29 is 14.0 Å². The molecule has 7 heteroatoms. The Balaban J connectivity index is 1.31. The van der Waals surface area contributed by atoms with Crippen LogP contribution in [0.25, 0.3) is 11.0 Å². The van der Waals surface area contributed by atoms with Gasteiger partial charge in [-0.2, -0.15) is 0 Å². The van der Waals surface area contributed by atoms with Crippen LogP contribution in [0.5, 0.6) is 0 Å². The smallest absolute Gasteiger partial charge is 0.243 e. The van der Waals surface area contributed by atoms with Crippen LogP contribution in [0, 0.1) is 0 Å². The van der Waals surface area contributed by atoms with E-state index in [4.69, 9.17) is 0 Å². The van der Waals surface area contributed by atoms with E-state index < -0.39 is 18.3 Å². The maximum Gasteiger partial charge on any atom is 0.243 e. The number of aromatic nitrogens is 2. The Morgan fingerprint density at radius 3 is 2.50 bits per heavy atom. The molecular formula is C31H33FN4O2. The van der Waals surface area contributed by atoms with Crippen LogP contribution in [-0.4, -0.2) is 45.4 Å². The van der Waals surface area contributed by atoms with Gasteiger partial charge in [-0.15, -0.1) is 0 Å². The van der Waals surface area contributed by atoms with Gasteiger partial charge < -0.3 is 15.2 Å². The van der Waals surface area contributed by atoms with Gasteiger partial charge in [-0.05, 0) is 46.7 Å². The van der Waals surface area contributed by atoms with Crippen LogP contribution in [0.2, 0.25) is 0 Å². The van der Waals surface area contributed by atoms with Crippen LogP contribution < -0.4 is 5.32 Å². The molecule has 196 valence electrons. The SMILES string of the molecule is CC(C)c1ccc([C@@H](NC(=O)[C@@H]2C[C@@H](F)CN2C(=O)CCc2cnc3[nH]ccc3c2)c2ccccc2)cc1. The van der Waals surface area contributed by atoms with Gasteiger partial charge in [-0.25, -0.2) is 9.37 Å². The Hall–Kier alpha value is -4.00. The zero-order valence-corrected chi connectivity index (χ0v) is 21.7. The van der Waals surface area contributed by atoms with E-state index in [0.29, 0.717) is 12.3 Å². The predicted octanol–water partition coefficient (Wildman–Crippen LogP) is 5.46. The normalized spacial score (nSPS) is 18.2. The number of H-pyrrole nitrogens is 1. The standard InChI is InChI=1S/C31H33FN4O2/c1-20(2)22-9-11-24(12-10-22)29(23-6-4-3-5-7-23)35-31(38)27-17-26(32)19-36(27)28(37)13-8-21-16-25-14-15-33-30(25)34-18-21/h3-7,9-12,14-16,18,20,26-27,29H,8,13,17,19H2,1-2H3,(H,33,34)(H,35,38)/t26-,27+,29+/m1/s1. The van der Waals surface area contributed by atoms with E-state index in [0.717, 1.165) is 27.7 Å². The molecule has 0 spiro atoms. The fourth-order valence-electron chi connectivity index (χ4n) is 5.14. The highest BCUT2D eigenvalue weighted by atomic mass is 19.1. The third-order valence-electron chi connectivity index (χ3n) is 7.31. The van der Waals surface area contributed by atoms with E-state index in [1.807, 2.05) is 60.8 Å². The number of aryl methyl sites for hydroxylation is 1. The number of rotatable bonds is 8. The lowest BCUT2D eigenvalue weighted by molar-refractivity contribution is -0.138. The number of hydrogen-bond donors (Lipinski definition) is 2. The number of aromatic amines is 1. The van der Waals surface area contributed by atoms with Gasteiger partial charge in [0.25, 0.3) is 0 Å². The Morgan fingerprint density at radius 1 is 1.05 bits per heavy atom. The zero-order chi connectivity index (χ0) is 26.6. The number of amides is 2. The van der Waals surface area contributed by atoms with E-state index in [-0.39, 0.29) is 31.2 Å². The molecule has 4 aromatic rings. The molecule has 3 heterocycles. The summed E-state index contributed by atoms with van der Waals surface area (Å²) in [5, 5.41) is 4.10. The Kier molecular flexibility index (Phi) is 7.54. The number of benzene rings is 2. The Bertz CT molecular complexity index is 1400. The lowest BCUT2D eigenvalue weighted by atomic mass is 9.95. The van der Waals surface area contributed by atoms with Gasteiger partial charge in [-0.3, -0.25) is 9.59 Å². The summed E-state index contributed by atoms with van der Waals surface area (Å²) in [4.78, 5) is 35.6. The van der Waals surface area contributed by atoms with Gasteiger partial charge in [0, 0.05) is 30.6 Å². The molecule has 5 rings (SSSR count). The van der Waals surface area contributed by atoms with Crippen molar-refractivity contribution in [3.05, 3.63) is 101 Å². The number of nitrogens with one attached hydrogen (secondary N) is 2. The first-order chi connectivity index (χ1) is 18.4. The second kappa shape index (κ2) is 11.2. The second-order valence-electron chi connectivity index (χ2n) is 10.3. The predicted molar refractivity (Wildman–Crippen MR) is 146 cm³/mol. The molecular weight excluding hydrogens is 479 g/mol. The summed E-state index contributed by atoms with van der Waals surface area (Å²) in [5.74, 6) is -0.165. The number of hydrogen-bond acceptors (Lipinski definition) is 3. The number of carbonyl (C=O) groups excluding carboxylic acids is 2. The number of pyridine rings is 1. The average Bonchev–Trinajstić information content (AvgIpc) is 3.57. The van der Waals surface area contributed by atoms with E-state index in [2.05, 4.69) is 41.3 Å². The van der Waals surface area contributed by atoms with Gasteiger partial charge >= 0.3 is 0 Å². The third-order valence-corrected chi connectivity index (χ3v) is 7.31. The molecule has 1 aliphatic heterocycles. The molecule has 38 heavy (non-hydrogen) atoms. The molecule has 2 aromatic heterocycles. The Labute approximate surface area is 222 Å². The van der Waals surface area contributed by atoms with Crippen molar-refractivity contribution in [2.45, 2.75) is 57.3 Å². The van der Waals surface area contributed by atoms with Gasteiger partial charge in [0.2, 0.25) is 11.8 Å². The Morgan fingerprint density at radius 2 is 1.76 bits per heavy atom. The average molecular weight is 513 g/mol. The largest absolute Gasteiger partial charge is 0.346 e. The number of fused-ring (bicyclic) bond motifs is 1. The minimum Gasteiger partial charge on any atom is -0.346 e. The molecule has 6 nitrogen and oxygen atoms in total. The molecule has 2 aromatic carbocycles. The van der Waals surface area contributed by atoms with Gasteiger partial charge in [-0.1, -0.05) is 68.4 Å². The van der Waals surface area contributed by atoms with Crippen LogP contribution in [-0.2, 0) is 16.0 Å². The molecule has 1 aliphatic rings. The van der Waals surface area contributed by atoms with Gasteiger partial charge in [0.05, 0.1) is 12.6 Å². The van der Waals surface area contributed by atoms with Crippen LogP contribution >= 0.6 is 0 Å². The minimum atomic E-state index is -1.23. The molecule has 0 unspecified atom stereocenters. The van der Waals surface area contributed by atoms with Crippen LogP contribution in [0.15, 0.2) is 79.1 Å². The van der Waals surface area contributed by atoms with Crippen molar-refractivity contribution in [3.8, 4) is 0 Å². The summed E-state index contributed by atoms with van der Waals surface area (Å²) >= 11 is 0. The number of nitrogens with zero attached hydrogens (tertiary/aromatic N) is 2. The molecule has 3 atom stereocenters. The molecule has 1 saturated heterocycles. The van der Waals surface area contributed by atoms with Gasteiger partial charge in [0.1, 0.15) is 17.9 Å². The number of carbonyl (C=O) groups is 2. The molecule has 2 N–H and O–H groups in total. The van der Waals surface area contributed by atoms with Crippen LogP contribution in [0.1, 0.15) is 60.9 Å². The summed E-state index contributed by atoms with van der Waals surface area (Å²) in [6.45, 7) is 4.21. The van der Waals surface area contributed by atoms with E-state index in [1.54, 1.807) is 6.20 Å². The third kappa shape index (κ3) is 5.62. The lowest BCUT2D eigenvalue weighted by Gasteiger charge is -2.27. The highest BCUT2D eigenvalue weighted by Crippen LogP contribution is 2.27. The summed E-state index contributed by atoms with van der Waals surface area (Å²) < 4.78 is 14.6. The topological polar surface area (TPSA) is 78.1 Å². The molecule has 1 fully saturated rings. The van der Waals surface area contributed by atoms with Gasteiger partial charge in [0.15, 0.2) is 0 Å². The van der Waals surface area contributed by atoms with Crippen molar-refractivity contribution in [1.29, 1.82) is 0 Å². The highest BCUT2D eigenvalue weighted by Gasteiger charge is 2.40. The first-order valence-corrected chi connectivity index (χ1v) is 13.2. The van der Waals surface area contributed by atoms with Crippen molar-refractivity contribution in [1.82, 2.24) is 20.2 Å². The zero-order valence-electron chi connectivity index (χ0n) is 21.7.